The molecule has 0 atom stereocenters. The molecule has 3 rings (SSSR count). The van der Waals surface area contributed by atoms with Gasteiger partial charge in [0.1, 0.15) is 5.65 Å². The van der Waals surface area contributed by atoms with E-state index in [1.54, 1.807) is 6.07 Å². The van der Waals surface area contributed by atoms with Gasteiger partial charge in [-0.3, -0.25) is 9.20 Å². The molecule has 4 heteroatoms. The number of pyridine rings is 1. The third-order valence-corrected chi connectivity index (χ3v) is 3.01. The lowest BCUT2D eigenvalue weighted by Gasteiger charge is -1.98. The summed E-state index contributed by atoms with van der Waals surface area (Å²) in [4.78, 5) is 15.4. The molecule has 0 saturated carbocycles. The molecule has 0 saturated heterocycles. The van der Waals surface area contributed by atoms with Gasteiger partial charge < -0.3 is 0 Å². The Hall–Kier alpha value is -1.68. The maximum atomic E-state index is 11.0. The monoisotopic (exact) mass is 274 g/mol. The molecule has 2 heterocycles. The van der Waals surface area contributed by atoms with E-state index in [2.05, 4.69) is 20.9 Å². The lowest BCUT2D eigenvalue weighted by molar-refractivity contribution is 0.112. The fourth-order valence-corrected chi connectivity index (χ4v) is 2.19. The molecule has 16 heavy (non-hydrogen) atoms. The van der Waals surface area contributed by atoms with E-state index in [4.69, 9.17) is 0 Å². The molecule has 1 aromatic carbocycles. The lowest BCUT2D eigenvalue weighted by atomic mass is 10.2. The summed E-state index contributed by atoms with van der Waals surface area (Å²) in [5.74, 6) is 0. The van der Waals surface area contributed by atoms with Gasteiger partial charge in [-0.2, -0.15) is 0 Å². The van der Waals surface area contributed by atoms with Gasteiger partial charge in [-0.05, 0) is 40.2 Å². The van der Waals surface area contributed by atoms with Gasteiger partial charge in [0.15, 0.2) is 6.29 Å². The molecule has 2 aromatic heterocycles. The highest BCUT2D eigenvalue weighted by Crippen LogP contribution is 2.21. The van der Waals surface area contributed by atoms with Crippen LogP contribution in [0.2, 0.25) is 0 Å². The van der Waals surface area contributed by atoms with Crippen molar-refractivity contribution in [3.63, 3.8) is 0 Å². The standard InChI is InChI=1S/C12H7BrN2O/c13-9-4-5-11-14-10-3-1-2-8(7-16)12(10)15(11)6-9/h1-7H. The van der Waals surface area contributed by atoms with E-state index in [9.17, 15) is 4.79 Å². The molecule has 3 aromatic rings. The van der Waals surface area contributed by atoms with E-state index in [1.807, 2.05) is 34.9 Å². The molecule has 78 valence electrons. The molecule has 3 nitrogen and oxygen atoms in total. The van der Waals surface area contributed by atoms with Crippen LogP contribution in [0, 0.1) is 0 Å². The minimum absolute atomic E-state index is 0.656. The Labute approximate surface area is 99.8 Å². The van der Waals surface area contributed by atoms with Crippen molar-refractivity contribution >= 4 is 38.9 Å². The van der Waals surface area contributed by atoms with E-state index in [-0.39, 0.29) is 0 Å². The van der Waals surface area contributed by atoms with Crippen LogP contribution in [0.15, 0.2) is 41.0 Å². The molecule has 0 spiro atoms. The summed E-state index contributed by atoms with van der Waals surface area (Å²) in [6, 6.07) is 9.39. The maximum Gasteiger partial charge on any atom is 0.152 e. The number of imidazole rings is 1. The fourth-order valence-electron chi connectivity index (χ4n) is 1.86. The van der Waals surface area contributed by atoms with Gasteiger partial charge in [0.05, 0.1) is 11.0 Å². The number of aromatic nitrogens is 2. The van der Waals surface area contributed by atoms with E-state index in [1.165, 1.54) is 0 Å². The predicted molar refractivity (Wildman–Crippen MR) is 65.8 cm³/mol. The van der Waals surface area contributed by atoms with Crippen LogP contribution in [0.1, 0.15) is 10.4 Å². The zero-order valence-corrected chi connectivity index (χ0v) is 9.81. The van der Waals surface area contributed by atoms with Gasteiger partial charge >= 0.3 is 0 Å². The number of carbonyl (C=O) groups is 1. The lowest BCUT2D eigenvalue weighted by Crippen LogP contribution is -1.88. The van der Waals surface area contributed by atoms with E-state index in [0.29, 0.717) is 5.56 Å². The van der Waals surface area contributed by atoms with Crippen molar-refractivity contribution in [2.24, 2.45) is 0 Å². The smallest absolute Gasteiger partial charge is 0.152 e. The van der Waals surface area contributed by atoms with Gasteiger partial charge in [-0.15, -0.1) is 0 Å². The second-order valence-corrected chi connectivity index (χ2v) is 4.44. The zero-order chi connectivity index (χ0) is 11.1. The van der Waals surface area contributed by atoms with Gasteiger partial charge in [0.25, 0.3) is 0 Å². The van der Waals surface area contributed by atoms with Gasteiger partial charge in [0.2, 0.25) is 0 Å². The topological polar surface area (TPSA) is 34.4 Å². The highest BCUT2D eigenvalue weighted by atomic mass is 79.9. The van der Waals surface area contributed by atoms with E-state index < -0.39 is 0 Å². The quantitative estimate of drug-likeness (QED) is 0.640. The van der Waals surface area contributed by atoms with Crippen LogP contribution < -0.4 is 0 Å². The van der Waals surface area contributed by atoms with Gasteiger partial charge in [-0.25, -0.2) is 4.98 Å². The highest BCUT2D eigenvalue weighted by Gasteiger charge is 2.07. The second-order valence-electron chi connectivity index (χ2n) is 3.52. The zero-order valence-electron chi connectivity index (χ0n) is 8.22. The summed E-state index contributed by atoms with van der Waals surface area (Å²) in [7, 11) is 0. The van der Waals surface area contributed by atoms with Crippen molar-refractivity contribution in [1.82, 2.24) is 9.38 Å². The Kier molecular flexibility index (Phi) is 2.04. The van der Waals surface area contributed by atoms with Crippen LogP contribution in [0.5, 0.6) is 0 Å². The minimum atomic E-state index is 0.656. The number of carbonyl (C=O) groups excluding carboxylic acids is 1. The normalized spacial score (nSPS) is 11.1. The number of hydrogen-bond acceptors (Lipinski definition) is 2. The SMILES string of the molecule is O=Cc1cccc2nc3ccc(Br)cn3c12. The van der Waals surface area contributed by atoms with Crippen LogP contribution in [-0.2, 0) is 0 Å². The Morgan fingerprint density at radius 3 is 2.94 bits per heavy atom. The average Bonchev–Trinajstić information content (AvgIpc) is 2.66. The number of halogens is 1. The summed E-state index contributed by atoms with van der Waals surface area (Å²) < 4.78 is 2.88. The Balaban J connectivity index is 2.59. The first-order valence-electron chi connectivity index (χ1n) is 4.81. The average molecular weight is 275 g/mol. The molecular formula is C12H7BrN2O. The Morgan fingerprint density at radius 2 is 2.12 bits per heavy atom. The third kappa shape index (κ3) is 1.27. The van der Waals surface area contributed by atoms with Crippen molar-refractivity contribution in [3.05, 3.63) is 46.6 Å². The first-order valence-corrected chi connectivity index (χ1v) is 5.60. The van der Waals surface area contributed by atoms with Crippen LogP contribution >= 0.6 is 15.9 Å². The molecule has 0 N–H and O–H groups in total. The molecule has 0 amide bonds. The molecule has 0 unspecified atom stereocenters. The summed E-state index contributed by atoms with van der Waals surface area (Å²) >= 11 is 3.41. The summed E-state index contributed by atoms with van der Waals surface area (Å²) in [5, 5.41) is 0. The first-order chi connectivity index (χ1) is 7.79. The van der Waals surface area contributed by atoms with Crippen LogP contribution in [-0.4, -0.2) is 15.7 Å². The Morgan fingerprint density at radius 1 is 1.25 bits per heavy atom. The molecule has 0 bridgehead atoms. The number of fused-ring (bicyclic) bond motifs is 3. The number of benzene rings is 1. The van der Waals surface area contributed by atoms with E-state index in [0.717, 1.165) is 27.4 Å². The van der Waals surface area contributed by atoms with Crippen molar-refractivity contribution in [3.8, 4) is 0 Å². The third-order valence-electron chi connectivity index (χ3n) is 2.54. The predicted octanol–water partition coefficient (Wildman–Crippen LogP) is 3.06. The maximum absolute atomic E-state index is 11.0. The van der Waals surface area contributed by atoms with Crippen molar-refractivity contribution < 1.29 is 4.79 Å². The van der Waals surface area contributed by atoms with Crippen LogP contribution in [0.4, 0.5) is 0 Å². The minimum Gasteiger partial charge on any atom is -0.298 e. The number of para-hydroxylation sites is 1. The molecule has 0 aliphatic carbocycles. The summed E-state index contributed by atoms with van der Waals surface area (Å²) in [6.07, 6.45) is 2.77. The molecular weight excluding hydrogens is 268 g/mol. The Bertz CT molecular complexity index is 703. The number of rotatable bonds is 1. The van der Waals surface area contributed by atoms with Crippen molar-refractivity contribution in [2.45, 2.75) is 0 Å². The van der Waals surface area contributed by atoms with Crippen LogP contribution in [0.25, 0.3) is 16.7 Å². The highest BCUT2D eigenvalue weighted by molar-refractivity contribution is 9.10. The van der Waals surface area contributed by atoms with Gasteiger partial charge in [-0.1, -0.05) is 6.07 Å². The number of nitrogens with zero attached hydrogens (tertiary/aromatic N) is 2. The second kappa shape index (κ2) is 3.42. The molecule has 0 aliphatic rings. The molecule has 0 aliphatic heterocycles. The molecule has 0 fully saturated rings. The largest absolute Gasteiger partial charge is 0.298 e. The first kappa shape index (κ1) is 9.54. The summed E-state index contributed by atoms with van der Waals surface area (Å²) in [6.45, 7) is 0. The van der Waals surface area contributed by atoms with Crippen LogP contribution in [0.3, 0.4) is 0 Å². The van der Waals surface area contributed by atoms with Crippen molar-refractivity contribution in [1.29, 1.82) is 0 Å². The van der Waals surface area contributed by atoms with Crippen molar-refractivity contribution in [2.75, 3.05) is 0 Å². The molecule has 0 radical (unpaired) electrons. The van der Waals surface area contributed by atoms with Gasteiger partial charge in [0, 0.05) is 16.2 Å². The number of hydrogen-bond donors (Lipinski definition) is 0. The fraction of sp³-hybridized carbons (Fsp3) is 0. The summed E-state index contributed by atoms with van der Waals surface area (Å²) in [5.41, 5.74) is 3.19. The number of aldehydes is 1. The van der Waals surface area contributed by atoms with E-state index >= 15 is 0 Å².